The number of nitrogens with zero attached hydrogens (tertiary/aromatic N) is 4. The van der Waals surface area contributed by atoms with Gasteiger partial charge in [-0.05, 0) is 68.2 Å². The van der Waals surface area contributed by atoms with Crippen molar-refractivity contribution in [1.82, 2.24) is 20.1 Å². The van der Waals surface area contributed by atoms with Gasteiger partial charge in [0.1, 0.15) is 23.3 Å². The van der Waals surface area contributed by atoms with Crippen molar-refractivity contribution in [2.75, 3.05) is 44.2 Å². The molecule has 2 saturated heterocycles. The highest BCUT2D eigenvalue weighted by molar-refractivity contribution is 5.94. The molecule has 0 saturated carbocycles. The molecule has 0 aliphatic carbocycles. The summed E-state index contributed by atoms with van der Waals surface area (Å²) in [5, 5.41) is 2.68. The van der Waals surface area contributed by atoms with Gasteiger partial charge in [0.05, 0.1) is 5.56 Å². The predicted octanol–water partition coefficient (Wildman–Crippen LogP) is 4.52. The molecule has 9 heteroatoms. The molecule has 0 radical (unpaired) electrons. The van der Waals surface area contributed by atoms with Gasteiger partial charge in [0.2, 0.25) is 0 Å². The van der Waals surface area contributed by atoms with Gasteiger partial charge in [-0.1, -0.05) is 18.2 Å². The molecular weight excluding hydrogens is 503 g/mol. The van der Waals surface area contributed by atoms with Crippen LogP contribution in [-0.2, 0) is 13.1 Å². The van der Waals surface area contributed by atoms with Crippen LogP contribution in [0.15, 0.2) is 54.7 Å². The van der Waals surface area contributed by atoms with Crippen LogP contribution in [0, 0.1) is 24.4 Å². The predicted molar refractivity (Wildman–Crippen MR) is 145 cm³/mol. The van der Waals surface area contributed by atoms with Crippen molar-refractivity contribution in [3.8, 4) is 0 Å². The Morgan fingerprint density at radius 3 is 2.28 bits per heavy atom. The molecule has 206 valence electrons. The van der Waals surface area contributed by atoms with Crippen LogP contribution in [0.2, 0.25) is 0 Å². The second-order valence-electron chi connectivity index (χ2n) is 10.4. The Bertz CT molecular complexity index is 1290. The minimum absolute atomic E-state index is 0.0289. The van der Waals surface area contributed by atoms with Crippen LogP contribution in [0.5, 0.6) is 0 Å². The van der Waals surface area contributed by atoms with Gasteiger partial charge in [-0.15, -0.1) is 0 Å². The molecule has 0 spiro atoms. The molecule has 2 aromatic carbocycles. The Balaban J connectivity index is 1.09. The molecule has 0 atom stereocenters. The third-order valence-electron chi connectivity index (χ3n) is 7.77. The van der Waals surface area contributed by atoms with Crippen molar-refractivity contribution < 1.29 is 18.0 Å². The molecule has 1 amide bonds. The van der Waals surface area contributed by atoms with Gasteiger partial charge in [0, 0.05) is 63.1 Å². The Hall–Kier alpha value is -3.43. The summed E-state index contributed by atoms with van der Waals surface area (Å²) in [4.78, 5) is 24.5. The number of hydrogen-bond donors (Lipinski definition) is 1. The molecule has 2 aliphatic rings. The Morgan fingerprint density at radius 1 is 0.923 bits per heavy atom. The monoisotopic (exact) mass is 537 g/mol. The number of hydrogen-bond acceptors (Lipinski definition) is 5. The number of carbonyl (C=O) groups is 1. The number of aromatic nitrogens is 1. The molecule has 2 aliphatic heterocycles. The standard InChI is InChI=1S/C30H34F3N5O/c1-21-16-24(30(39)35-18-23-4-7-26(32)17-28(23)33)19-34-29(21)38-14-12-37(13-15-38)27-8-10-36(11-9-27)20-22-2-5-25(31)6-3-22/h2-7,16-17,19,27H,8-15,18,20H2,1H3,(H,35,39). The number of carbonyl (C=O) groups excluding carboxylic acids is 1. The highest BCUT2D eigenvalue weighted by Gasteiger charge is 2.28. The van der Waals surface area contributed by atoms with Gasteiger partial charge in [0.25, 0.3) is 5.91 Å². The van der Waals surface area contributed by atoms with E-state index in [9.17, 15) is 18.0 Å². The summed E-state index contributed by atoms with van der Waals surface area (Å²) in [6.45, 7) is 8.55. The number of nitrogens with one attached hydrogen (secondary N) is 1. The highest BCUT2D eigenvalue weighted by Crippen LogP contribution is 2.24. The van der Waals surface area contributed by atoms with E-state index in [-0.39, 0.29) is 23.8 Å². The summed E-state index contributed by atoms with van der Waals surface area (Å²) in [5.41, 5.74) is 2.70. The zero-order valence-corrected chi connectivity index (χ0v) is 22.2. The molecule has 2 fully saturated rings. The highest BCUT2D eigenvalue weighted by atomic mass is 19.1. The van der Waals surface area contributed by atoms with Gasteiger partial charge in [0.15, 0.2) is 0 Å². The summed E-state index contributed by atoms with van der Waals surface area (Å²) >= 11 is 0. The molecule has 3 heterocycles. The second kappa shape index (κ2) is 12.2. The molecule has 39 heavy (non-hydrogen) atoms. The Kier molecular flexibility index (Phi) is 8.47. The van der Waals surface area contributed by atoms with Crippen LogP contribution < -0.4 is 10.2 Å². The fourth-order valence-corrected chi connectivity index (χ4v) is 5.55. The first-order valence-corrected chi connectivity index (χ1v) is 13.5. The maximum atomic E-state index is 13.9. The minimum atomic E-state index is -0.686. The molecule has 1 N–H and O–H groups in total. The largest absolute Gasteiger partial charge is 0.354 e. The van der Waals surface area contributed by atoms with E-state index in [4.69, 9.17) is 0 Å². The van der Waals surface area contributed by atoms with Crippen molar-refractivity contribution in [2.45, 2.75) is 38.9 Å². The van der Waals surface area contributed by atoms with Crippen molar-refractivity contribution in [1.29, 1.82) is 0 Å². The molecule has 6 nitrogen and oxygen atoms in total. The van der Waals surface area contributed by atoms with E-state index in [0.717, 1.165) is 81.7 Å². The number of piperidine rings is 1. The van der Waals surface area contributed by atoms with Crippen molar-refractivity contribution in [2.24, 2.45) is 0 Å². The molecule has 1 aromatic heterocycles. The van der Waals surface area contributed by atoms with Gasteiger partial charge in [-0.25, -0.2) is 18.2 Å². The molecule has 3 aromatic rings. The maximum Gasteiger partial charge on any atom is 0.253 e. The Labute approximate surface area is 227 Å². The van der Waals surface area contributed by atoms with Crippen LogP contribution in [-0.4, -0.2) is 66.0 Å². The molecular formula is C30H34F3N5O. The van der Waals surface area contributed by atoms with E-state index in [1.54, 1.807) is 6.20 Å². The fraction of sp³-hybridized carbons (Fsp3) is 0.400. The van der Waals surface area contributed by atoms with Crippen LogP contribution in [0.4, 0.5) is 19.0 Å². The molecule has 0 bridgehead atoms. The third kappa shape index (κ3) is 6.78. The van der Waals surface area contributed by atoms with E-state index in [1.807, 2.05) is 25.1 Å². The van der Waals surface area contributed by atoms with Crippen LogP contribution in [0.1, 0.15) is 39.9 Å². The van der Waals surface area contributed by atoms with Crippen LogP contribution in [0.3, 0.4) is 0 Å². The number of aryl methyl sites for hydroxylation is 1. The quantitative estimate of drug-likeness (QED) is 0.480. The van der Waals surface area contributed by atoms with Gasteiger partial charge in [-0.2, -0.15) is 0 Å². The Morgan fingerprint density at radius 2 is 1.62 bits per heavy atom. The number of pyridine rings is 1. The van der Waals surface area contributed by atoms with E-state index >= 15 is 0 Å². The van der Waals surface area contributed by atoms with Gasteiger partial charge in [-0.3, -0.25) is 14.6 Å². The lowest BCUT2D eigenvalue weighted by atomic mass is 10.0. The van der Waals surface area contributed by atoms with Crippen molar-refractivity contribution in [3.05, 3.63) is 94.4 Å². The summed E-state index contributed by atoms with van der Waals surface area (Å²) in [6, 6.07) is 12.5. The number of rotatable bonds is 7. The number of amides is 1. The fourth-order valence-electron chi connectivity index (χ4n) is 5.55. The number of halogens is 3. The maximum absolute atomic E-state index is 13.9. The van der Waals surface area contributed by atoms with E-state index in [0.29, 0.717) is 11.6 Å². The lowest BCUT2D eigenvalue weighted by Crippen LogP contribution is -2.53. The first-order chi connectivity index (χ1) is 18.9. The third-order valence-corrected chi connectivity index (χ3v) is 7.77. The van der Waals surface area contributed by atoms with Gasteiger partial charge < -0.3 is 10.2 Å². The number of piperazine rings is 1. The summed E-state index contributed by atoms with van der Waals surface area (Å²) < 4.78 is 40.1. The zero-order valence-electron chi connectivity index (χ0n) is 22.2. The topological polar surface area (TPSA) is 51.7 Å². The summed E-state index contributed by atoms with van der Waals surface area (Å²) in [6.07, 6.45) is 3.82. The summed E-state index contributed by atoms with van der Waals surface area (Å²) in [5.74, 6) is -1.00. The first kappa shape index (κ1) is 27.1. The number of anilines is 1. The van der Waals surface area contributed by atoms with Gasteiger partial charge >= 0.3 is 0 Å². The molecule has 5 rings (SSSR count). The summed E-state index contributed by atoms with van der Waals surface area (Å²) in [7, 11) is 0. The normalized spacial score (nSPS) is 17.4. The number of benzene rings is 2. The average Bonchev–Trinajstić information content (AvgIpc) is 2.94. The smallest absolute Gasteiger partial charge is 0.253 e. The first-order valence-electron chi connectivity index (χ1n) is 13.5. The minimum Gasteiger partial charge on any atom is -0.354 e. The van der Waals surface area contributed by atoms with Crippen LogP contribution in [0.25, 0.3) is 0 Å². The SMILES string of the molecule is Cc1cc(C(=O)NCc2ccc(F)cc2F)cnc1N1CCN(C2CCN(Cc3ccc(F)cc3)CC2)CC1. The van der Waals surface area contributed by atoms with E-state index in [1.165, 1.54) is 24.3 Å². The average molecular weight is 538 g/mol. The molecule has 0 unspecified atom stereocenters. The van der Waals surface area contributed by atoms with Crippen LogP contribution >= 0.6 is 0 Å². The second-order valence-corrected chi connectivity index (χ2v) is 10.4. The van der Waals surface area contributed by atoms with E-state index in [2.05, 4.69) is 25.0 Å². The van der Waals surface area contributed by atoms with E-state index < -0.39 is 11.6 Å². The van der Waals surface area contributed by atoms with Crippen molar-refractivity contribution >= 4 is 11.7 Å². The zero-order chi connectivity index (χ0) is 27.4. The lowest BCUT2D eigenvalue weighted by Gasteiger charge is -2.43. The van der Waals surface area contributed by atoms with Crippen molar-refractivity contribution in [3.63, 3.8) is 0 Å². The lowest BCUT2D eigenvalue weighted by molar-refractivity contribution is 0.0950. The number of likely N-dealkylation sites (tertiary alicyclic amines) is 1.